The normalized spacial score (nSPS) is 12.5. The molecule has 1 unspecified atom stereocenters. The molecule has 1 aromatic heterocycles. The third kappa shape index (κ3) is 4.54. The molecule has 0 fully saturated rings. The summed E-state index contributed by atoms with van der Waals surface area (Å²) in [5, 5.41) is 0. The van der Waals surface area contributed by atoms with E-state index in [4.69, 9.17) is 0 Å². The Morgan fingerprint density at radius 3 is 2.53 bits per heavy atom. The summed E-state index contributed by atoms with van der Waals surface area (Å²) in [6, 6.07) is 3.03. The van der Waals surface area contributed by atoms with E-state index in [9.17, 15) is 9.59 Å². The lowest BCUT2D eigenvalue weighted by molar-refractivity contribution is -0.131. The second-order valence-corrected chi connectivity index (χ2v) is 5.63. The highest BCUT2D eigenvalue weighted by Gasteiger charge is 2.15. The van der Waals surface area contributed by atoms with Gasteiger partial charge in [-0.3, -0.25) is 9.59 Å². The van der Waals surface area contributed by atoms with Crippen LogP contribution in [0.1, 0.15) is 26.5 Å². The van der Waals surface area contributed by atoms with Crippen LogP contribution >= 0.6 is 0 Å². The summed E-state index contributed by atoms with van der Waals surface area (Å²) < 4.78 is 1.81. The van der Waals surface area contributed by atoms with Crippen LogP contribution < -0.4 is 5.43 Å². The molecule has 19 heavy (non-hydrogen) atoms. The number of hydrogen-bond acceptors (Lipinski definition) is 2. The first-order valence-electron chi connectivity index (χ1n) is 6.72. The molecule has 0 aliphatic heterocycles. The third-order valence-electron chi connectivity index (χ3n) is 3.65. The molecule has 1 rings (SSSR count). The largest absolute Gasteiger partial charge is 0.344 e. The monoisotopic (exact) mass is 264 g/mol. The molecule has 4 heteroatoms. The van der Waals surface area contributed by atoms with Crippen molar-refractivity contribution in [3.05, 3.63) is 34.2 Å². The van der Waals surface area contributed by atoms with Crippen LogP contribution in [0.4, 0.5) is 0 Å². The quantitative estimate of drug-likeness (QED) is 0.815. The van der Waals surface area contributed by atoms with Crippen molar-refractivity contribution in [2.45, 2.75) is 34.2 Å². The highest BCUT2D eigenvalue weighted by atomic mass is 16.2. The minimum atomic E-state index is -0.0250. The van der Waals surface area contributed by atoms with Crippen LogP contribution in [0.15, 0.2) is 23.1 Å². The van der Waals surface area contributed by atoms with Gasteiger partial charge >= 0.3 is 0 Å². The van der Waals surface area contributed by atoms with Crippen LogP contribution in [0, 0.1) is 18.8 Å². The van der Waals surface area contributed by atoms with Gasteiger partial charge in [0.1, 0.15) is 6.54 Å². The SMILES string of the molecule is Cc1cc(=O)ccn1CC(=O)N(C)CC(C)C(C)C. The summed E-state index contributed by atoms with van der Waals surface area (Å²) in [6.45, 7) is 9.36. The number of amides is 1. The van der Waals surface area contributed by atoms with Crippen LogP contribution in [0.3, 0.4) is 0 Å². The molecule has 0 spiro atoms. The summed E-state index contributed by atoms with van der Waals surface area (Å²) in [4.78, 5) is 25.1. The van der Waals surface area contributed by atoms with E-state index in [0.717, 1.165) is 12.2 Å². The van der Waals surface area contributed by atoms with Crippen LogP contribution in [0.2, 0.25) is 0 Å². The van der Waals surface area contributed by atoms with Crippen molar-refractivity contribution < 1.29 is 4.79 Å². The van der Waals surface area contributed by atoms with Gasteiger partial charge in [0.25, 0.3) is 0 Å². The Balaban J connectivity index is 2.66. The average molecular weight is 264 g/mol. The first-order valence-corrected chi connectivity index (χ1v) is 6.72. The molecule has 106 valence electrons. The zero-order valence-corrected chi connectivity index (χ0v) is 12.5. The molecule has 0 aliphatic rings. The molecule has 0 radical (unpaired) electrons. The van der Waals surface area contributed by atoms with Crippen molar-refractivity contribution in [2.75, 3.05) is 13.6 Å². The van der Waals surface area contributed by atoms with E-state index in [1.807, 2.05) is 14.0 Å². The number of rotatable bonds is 5. The van der Waals surface area contributed by atoms with Crippen LogP contribution in [-0.4, -0.2) is 29.0 Å². The Morgan fingerprint density at radius 1 is 1.37 bits per heavy atom. The van der Waals surface area contributed by atoms with Gasteiger partial charge in [-0.25, -0.2) is 0 Å². The van der Waals surface area contributed by atoms with E-state index in [1.54, 1.807) is 21.7 Å². The smallest absolute Gasteiger partial charge is 0.242 e. The summed E-state index contributed by atoms with van der Waals surface area (Å²) in [6.07, 6.45) is 1.68. The zero-order valence-electron chi connectivity index (χ0n) is 12.5. The number of aryl methyl sites for hydroxylation is 1. The predicted octanol–water partition coefficient (Wildman–Crippen LogP) is 1.91. The second-order valence-electron chi connectivity index (χ2n) is 5.63. The Bertz CT molecular complexity index is 491. The first-order chi connectivity index (χ1) is 8.81. The van der Waals surface area contributed by atoms with Gasteiger partial charge in [0.2, 0.25) is 5.91 Å². The number of aromatic nitrogens is 1. The van der Waals surface area contributed by atoms with E-state index in [-0.39, 0.29) is 17.9 Å². The molecule has 0 aromatic carbocycles. The van der Waals surface area contributed by atoms with E-state index < -0.39 is 0 Å². The van der Waals surface area contributed by atoms with Gasteiger partial charge in [-0.1, -0.05) is 20.8 Å². The fraction of sp³-hybridized carbons (Fsp3) is 0.600. The molecule has 0 N–H and O–H groups in total. The van der Waals surface area contributed by atoms with Gasteiger partial charge in [-0.05, 0) is 18.8 Å². The van der Waals surface area contributed by atoms with E-state index in [2.05, 4.69) is 20.8 Å². The number of likely N-dealkylation sites (N-methyl/N-ethyl adjacent to an activating group) is 1. The van der Waals surface area contributed by atoms with Crippen LogP contribution in [0.5, 0.6) is 0 Å². The maximum Gasteiger partial charge on any atom is 0.242 e. The molecule has 0 aliphatic carbocycles. The van der Waals surface area contributed by atoms with Gasteiger partial charge in [0, 0.05) is 37.6 Å². The van der Waals surface area contributed by atoms with Gasteiger partial charge in [0.05, 0.1) is 0 Å². The number of carbonyl (C=O) groups excluding carboxylic acids is 1. The van der Waals surface area contributed by atoms with Gasteiger partial charge in [0.15, 0.2) is 5.43 Å². The Morgan fingerprint density at radius 2 is 2.00 bits per heavy atom. The highest BCUT2D eigenvalue weighted by molar-refractivity contribution is 5.75. The lowest BCUT2D eigenvalue weighted by Gasteiger charge is -2.24. The van der Waals surface area contributed by atoms with Gasteiger partial charge in [-0.15, -0.1) is 0 Å². The summed E-state index contributed by atoms with van der Waals surface area (Å²) in [7, 11) is 1.83. The topological polar surface area (TPSA) is 42.3 Å². The van der Waals surface area contributed by atoms with E-state index in [1.165, 1.54) is 6.07 Å². The van der Waals surface area contributed by atoms with Crippen molar-refractivity contribution in [1.82, 2.24) is 9.47 Å². The number of pyridine rings is 1. The molecule has 1 aromatic rings. The molecule has 0 saturated carbocycles. The molecular formula is C15H24N2O2. The molecule has 4 nitrogen and oxygen atoms in total. The van der Waals surface area contributed by atoms with Crippen molar-refractivity contribution in [3.8, 4) is 0 Å². The summed E-state index contributed by atoms with van der Waals surface area (Å²) in [5.74, 6) is 1.10. The zero-order chi connectivity index (χ0) is 14.6. The summed E-state index contributed by atoms with van der Waals surface area (Å²) in [5.41, 5.74) is 0.786. The molecule has 1 heterocycles. The Hall–Kier alpha value is -1.58. The van der Waals surface area contributed by atoms with Gasteiger partial charge < -0.3 is 9.47 Å². The number of nitrogens with zero attached hydrogens (tertiary/aromatic N) is 2. The highest BCUT2D eigenvalue weighted by Crippen LogP contribution is 2.11. The van der Waals surface area contributed by atoms with Crippen LogP contribution in [0.25, 0.3) is 0 Å². The van der Waals surface area contributed by atoms with Crippen molar-refractivity contribution in [1.29, 1.82) is 0 Å². The Labute approximate surface area is 115 Å². The third-order valence-corrected chi connectivity index (χ3v) is 3.65. The van der Waals surface area contributed by atoms with Crippen molar-refractivity contribution >= 4 is 5.91 Å². The van der Waals surface area contributed by atoms with E-state index in [0.29, 0.717) is 11.8 Å². The predicted molar refractivity (Wildman–Crippen MR) is 77.1 cm³/mol. The summed E-state index contributed by atoms with van der Waals surface area (Å²) >= 11 is 0. The maximum atomic E-state index is 12.1. The Kier molecular flexibility index (Phi) is 5.33. The lowest BCUT2D eigenvalue weighted by Crippen LogP contribution is -2.35. The molecule has 0 saturated heterocycles. The maximum absolute atomic E-state index is 12.1. The van der Waals surface area contributed by atoms with Crippen molar-refractivity contribution in [2.24, 2.45) is 11.8 Å². The second kappa shape index (κ2) is 6.55. The fourth-order valence-corrected chi connectivity index (χ4v) is 1.81. The standard InChI is InChI=1S/C15H24N2O2/c1-11(2)12(3)9-16(5)15(19)10-17-7-6-14(18)8-13(17)4/h6-8,11-12H,9-10H2,1-5H3. The number of carbonyl (C=O) groups is 1. The van der Waals surface area contributed by atoms with Crippen molar-refractivity contribution in [3.63, 3.8) is 0 Å². The minimum Gasteiger partial charge on any atom is -0.344 e. The molecular weight excluding hydrogens is 240 g/mol. The lowest BCUT2D eigenvalue weighted by atomic mass is 9.98. The average Bonchev–Trinajstić information content (AvgIpc) is 2.32. The minimum absolute atomic E-state index is 0.0250. The van der Waals surface area contributed by atoms with Gasteiger partial charge in [-0.2, -0.15) is 0 Å². The number of hydrogen-bond donors (Lipinski definition) is 0. The fourth-order valence-electron chi connectivity index (χ4n) is 1.81. The molecule has 1 atom stereocenters. The van der Waals surface area contributed by atoms with E-state index >= 15 is 0 Å². The first kappa shape index (κ1) is 15.5. The molecule has 1 amide bonds. The van der Waals surface area contributed by atoms with Crippen LogP contribution in [-0.2, 0) is 11.3 Å². The molecule has 0 bridgehead atoms.